The van der Waals surface area contributed by atoms with Crippen molar-refractivity contribution in [3.63, 3.8) is 0 Å². The summed E-state index contributed by atoms with van der Waals surface area (Å²) in [5, 5.41) is 3.02. The summed E-state index contributed by atoms with van der Waals surface area (Å²) in [6.45, 7) is 1.19. The Kier molecular flexibility index (Phi) is 6.57. The predicted molar refractivity (Wildman–Crippen MR) is 109 cm³/mol. The van der Waals surface area contributed by atoms with Gasteiger partial charge in [-0.1, -0.05) is 42.5 Å². The number of carbonyl (C=O) groups excluding carboxylic acids is 1. The number of benzene rings is 2. The Hall–Kier alpha value is -1.83. The van der Waals surface area contributed by atoms with Gasteiger partial charge in [0.05, 0.1) is 11.5 Å². The highest BCUT2D eigenvalue weighted by Crippen LogP contribution is 2.23. The molecule has 1 unspecified atom stereocenters. The molecule has 0 saturated carbocycles. The quantitative estimate of drug-likeness (QED) is 0.750. The molecule has 27 heavy (non-hydrogen) atoms. The van der Waals surface area contributed by atoms with Crippen LogP contribution in [-0.4, -0.2) is 50.1 Å². The zero-order chi connectivity index (χ0) is 19.3. The fraction of sp³-hybridized carbons (Fsp3) is 0.350. The van der Waals surface area contributed by atoms with E-state index < -0.39 is 15.9 Å². The van der Waals surface area contributed by atoms with Crippen LogP contribution in [0.25, 0.3) is 0 Å². The van der Waals surface area contributed by atoms with E-state index in [1.165, 1.54) is 4.90 Å². The second kappa shape index (κ2) is 8.91. The lowest BCUT2D eigenvalue weighted by atomic mass is 10.0. The van der Waals surface area contributed by atoms with Crippen molar-refractivity contribution in [3.8, 4) is 0 Å². The molecule has 1 N–H and O–H groups in total. The molecule has 1 fully saturated rings. The maximum absolute atomic E-state index is 13.0. The van der Waals surface area contributed by atoms with Crippen LogP contribution in [0, 0.1) is 0 Å². The van der Waals surface area contributed by atoms with Gasteiger partial charge in [-0.05, 0) is 29.5 Å². The van der Waals surface area contributed by atoms with Crippen LogP contribution in [-0.2, 0) is 21.2 Å². The Labute approximate surface area is 165 Å². The molecule has 0 radical (unpaired) electrons. The summed E-state index contributed by atoms with van der Waals surface area (Å²) >= 11 is 1.68. The van der Waals surface area contributed by atoms with Crippen molar-refractivity contribution in [2.45, 2.75) is 17.5 Å². The summed E-state index contributed by atoms with van der Waals surface area (Å²) in [6.07, 6.45) is 2.03. The number of nitrogens with zero attached hydrogens (tertiary/aromatic N) is 1. The molecule has 5 nitrogen and oxygen atoms in total. The first-order chi connectivity index (χ1) is 13.0. The van der Waals surface area contributed by atoms with Crippen LogP contribution in [0.2, 0.25) is 0 Å². The SMILES string of the molecule is CSc1ccc(CNC(=O)C(c2ccccc2)N2CCS(=O)(=O)CC2)cc1. The number of rotatable bonds is 6. The molecule has 0 aromatic heterocycles. The first-order valence-corrected chi connectivity index (χ1v) is 11.9. The maximum Gasteiger partial charge on any atom is 0.242 e. The van der Waals surface area contributed by atoms with Crippen molar-refractivity contribution in [2.75, 3.05) is 30.9 Å². The molecule has 1 amide bonds. The van der Waals surface area contributed by atoms with Crippen LogP contribution in [0.1, 0.15) is 17.2 Å². The summed E-state index contributed by atoms with van der Waals surface area (Å²) in [5.74, 6) is 0.0916. The van der Waals surface area contributed by atoms with Crippen molar-refractivity contribution in [1.29, 1.82) is 0 Å². The molecule has 144 valence electrons. The highest BCUT2D eigenvalue weighted by atomic mass is 32.2. The lowest BCUT2D eigenvalue weighted by Gasteiger charge is -2.33. The monoisotopic (exact) mass is 404 g/mol. The lowest BCUT2D eigenvalue weighted by Crippen LogP contribution is -2.47. The minimum Gasteiger partial charge on any atom is -0.350 e. The standard InChI is InChI=1S/C20H24N2O3S2/c1-26-18-9-7-16(8-10-18)15-21-20(23)19(17-5-3-2-4-6-17)22-11-13-27(24,25)14-12-22/h2-10,19H,11-15H2,1H3,(H,21,23). The zero-order valence-electron chi connectivity index (χ0n) is 15.3. The summed E-state index contributed by atoms with van der Waals surface area (Å²) in [5.41, 5.74) is 1.92. The Morgan fingerprint density at radius 2 is 1.70 bits per heavy atom. The molecule has 3 rings (SSSR count). The fourth-order valence-corrected chi connectivity index (χ4v) is 4.82. The van der Waals surface area contributed by atoms with Gasteiger partial charge < -0.3 is 5.32 Å². The number of thioether (sulfide) groups is 1. The first kappa shape index (κ1) is 19.9. The van der Waals surface area contributed by atoms with E-state index in [0.717, 1.165) is 11.1 Å². The van der Waals surface area contributed by atoms with Gasteiger partial charge in [-0.25, -0.2) is 8.42 Å². The minimum absolute atomic E-state index is 0.0970. The van der Waals surface area contributed by atoms with E-state index in [4.69, 9.17) is 0 Å². The van der Waals surface area contributed by atoms with Crippen LogP contribution >= 0.6 is 11.8 Å². The Morgan fingerprint density at radius 3 is 2.30 bits per heavy atom. The van der Waals surface area contributed by atoms with Crippen molar-refractivity contribution < 1.29 is 13.2 Å². The van der Waals surface area contributed by atoms with Gasteiger partial charge in [-0.2, -0.15) is 0 Å². The zero-order valence-corrected chi connectivity index (χ0v) is 16.9. The Bertz CT molecular complexity index is 854. The van der Waals surface area contributed by atoms with Gasteiger partial charge in [-0.3, -0.25) is 9.69 Å². The van der Waals surface area contributed by atoms with Crippen molar-refractivity contribution in [1.82, 2.24) is 10.2 Å². The Morgan fingerprint density at radius 1 is 1.07 bits per heavy atom. The van der Waals surface area contributed by atoms with Crippen LogP contribution in [0.4, 0.5) is 0 Å². The van der Waals surface area contributed by atoms with E-state index in [-0.39, 0.29) is 17.4 Å². The third kappa shape index (κ3) is 5.34. The minimum atomic E-state index is -2.99. The molecule has 1 aliphatic rings. The summed E-state index contributed by atoms with van der Waals surface area (Å²) in [6, 6.07) is 17.2. The molecule has 1 atom stereocenters. The average Bonchev–Trinajstić information content (AvgIpc) is 2.69. The number of amides is 1. The van der Waals surface area contributed by atoms with E-state index in [1.807, 2.05) is 65.8 Å². The van der Waals surface area contributed by atoms with Gasteiger partial charge in [-0.15, -0.1) is 11.8 Å². The van der Waals surface area contributed by atoms with Crippen LogP contribution in [0.5, 0.6) is 0 Å². The highest BCUT2D eigenvalue weighted by Gasteiger charge is 2.32. The van der Waals surface area contributed by atoms with Crippen LogP contribution in [0.3, 0.4) is 0 Å². The van der Waals surface area contributed by atoms with E-state index in [1.54, 1.807) is 11.8 Å². The fourth-order valence-electron chi connectivity index (χ4n) is 3.18. The number of sulfone groups is 1. The molecule has 0 spiro atoms. The maximum atomic E-state index is 13.0. The van der Waals surface area contributed by atoms with E-state index in [2.05, 4.69) is 5.32 Å². The molecule has 2 aromatic rings. The second-order valence-electron chi connectivity index (χ2n) is 6.57. The number of hydrogen-bond donors (Lipinski definition) is 1. The highest BCUT2D eigenvalue weighted by molar-refractivity contribution is 7.98. The summed E-state index contributed by atoms with van der Waals surface area (Å²) < 4.78 is 23.5. The third-order valence-electron chi connectivity index (χ3n) is 4.73. The molecular formula is C20H24N2O3S2. The third-order valence-corrected chi connectivity index (χ3v) is 7.09. The predicted octanol–water partition coefficient (Wildman–Crippen LogP) is 2.50. The molecule has 1 heterocycles. The normalized spacial score (nSPS) is 18.0. The van der Waals surface area contributed by atoms with Crippen molar-refractivity contribution in [3.05, 3.63) is 65.7 Å². The van der Waals surface area contributed by atoms with E-state index in [0.29, 0.717) is 19.6 Å². The smallest absolute Gasteiger partial charge is 0.242 e. The van der Waals surface area contributed by atoms with Gasteiger partial charge in [0.25, 0.3) is 0 Å². The summed E-state index contributed by atoms with van der Waals surface area (Å²) in [7, 11) is -2.99. The lowest BCUT2D eigenvalue weighted by molar-refractivity contribution is -0.126. The molecular weight excluding hydrogens is 380 g/mol. The second-order valence-corrected chi connectivity index (χ2v) is 9.75. The molecule has 2 aromatic carbocycles. The van der Waals surface area contributed by atoms with Gasteiger partial charge in [0, 0.05) is 24.5 Å². The topological polar surface area (TPSA) is 66.5 Å². The van der Waals surface area contributed by atoms with Crippen LogP contribution < -0.4 is 5.32 Å². The van der Waals surface area contributed by atoms with Crippen LogP contribution in [0.15, 0.2) is 59.5 Å². The molecule has 0 bridgehead atoms. The Balaban J connectivity index is 1.72. The van der Waals surface area contributed by atoms with Gasteiger partial charge in [0.15, 0.2) is 9.84 Å². The van der Waals surface area contributed by atoms with Crippen molar-refractivity contribution in [2.24, 2.45) is 0 Å². The molecule has 1 saturated heterocycles. The summed E-state index contributed by atoms with van der Waals surface area (Å²) in [4.78, 5) is 16.1. The van der Waals surface area contributed by atoms with E-state index in [9.17, 15) is 13.2 Å². The number of hydrogen-bond acceptors (Lipinski definition) is 5. The van der Waals surface area contributed by atoms with Gasteiger partial charge in [0.1, 0.15) is 6.04 Å². The molecule has 7 heteroatoms. The molecule has 0 aliphatic carbocycles. The van der Waals surface area contributed by atoms with Gasteiger partial charge in [0.2, 0.25) is 5.91 Å². The molecule has 1 aliphatic heterocycles. The van der Waals surface area contributed by atoms with E-state index >= 15 is 0 Å². The first-order valence-electron chi connectivity index (χ1n) is 8.88. The largest absolute Gasteiger partial charge is 0.350 e. The number of nitrogens with one attached hydrogen (secondary N) is 1. The average molecular weight is 405 g/mol. The van der Waals surface area contributed by atoms with Crippen molar-refractivity contribution >= 4 is 27.5 Å². The van der Waals surface area contributed by atoms with Gasteiger partial charge >= 0.3 is 0 Å². The number of carbonyl (C=O) groups is 1.